The van der Waals surface area contributed by atoms with E-state index in [2.05, 4.69) is 33.2 Å². The molecule has 1 aromatic carbocycles. The van der Waals surface area contributed by atoms with Crippen LogP contribution in [0.1, 0.15) is 12.0 Å². The second-order valence-electron chi connectivity index (χ2n) is 3.94. The fourth-order valence-electron chi connectivity index (χ4n) is 1.55. The average Bonchev–Trinajstić information content (AvgIpc) is 2.24. The maximum absolute atomic E-state index is 13.3. The van der Waals surface area contributed by atoms with Crippen LogP contribution in [-0.4, -0.2) is 32.1 Å². The van der Waals surface area contributed by atoms with Crippen LogP contribution in [0.3, 0.4) is 0 Å². The van der Waals surface area contributed by atoms with Gasteiger partial charge < -0.3 is 10.2 Å². The highest BCUT2D eigenvalue weighted by molar-refractivity contribution is 9.10. The molecule has 1 rings (SSSR count). The Morgan fingerprint density at radius 1 is 1.44 bits per heavy atom. The molecule has 0 saturated carbocycles. The van der Waals surface area contributed by atoms with Crippen molar-refractivity contribution in [1.29, 1.82) is 0 Å². The van der Waals surface area contributed by atoms with Crippen molar-refractivity contribution in [3.63, 3.8) is 0 Å². The van der Waals surface area contributed by atoms with E-state index in [1.54, 1.807) is 12.1 Å². The van der Waals surface area contributed by atoms with Crippen molar-refractivity contribution in [2.75, 3.05) is 27.2 Å². The van der Waals surface area contributed by atoms with Crippen LogP contribution in [0.4, 0.5) is 4.39 Å². The van der Waals surface area contributed by atoms with Crippen molar-refractivity contribution in [3.8, 4) is 0 Å². The average molecular weight is 289 g/mol. The summed E-state index contributed by atoms with van der Waals surface area (Å²) >= 11 is 3.15. The first-order valence-corrected chi connectivity index (χ1v) is 6.20. The first kappa shape index (κ1) is 13.6. The van der Waals surface area contributed by atoms with Crippen LogP contribution in [0.25, 0.3) is 0 Å². The molecule has 0 amide bonds. The molecule has 0 aliphatic carbocycles. The summed E-state index contributed by atoms with van der Waals surface area (Å²) in [4.78, 5) is 2.19. The summed E-state index contributed by atoms with van der Waals surface area (Å²) < 4.78 is 13.8. The highest BCUT2D eigenvalue weighted by Gasteiger charge is 2.03. The SMILES string of the molecule is CNCCCN(C)Cc1ccc(Br)c(F)c1. The van der Waals surface area contributed by atoms with Gasteiger partial charge >= 0.3 is 0 Å². The molecule has 2 nitrogen and oxygen atoms in total. The minimum atomic E-state index is -0.193. The highest BCUT2D eigenvalue weighted by Crippen LogP contribution is 2.17. The topological polar surface area (TPSA) is 15.3 Å². The van der Waals surface area contributed by atoms with Crippen molar-refractivity contribution >= 4 is 15.9 Å². The third kappa shape index (κ3) is 4.60. The first-order chi connectivity index (χ1) is 7.63. The zero-order valence-electron chi connectivity index (χ0n) is 9.76. The molecule has 0 saturated heterocycles. The van der Waals surface area contributed by atoms with Crippen LogP contribution < -0.4 is 5.32 Å². The van der Waals surface area contributed by atoms with Gasteiger partial charge in [0.2, 0.25) is 0 Å². The molecule has 0 aliphatic rings. The van der Waals surface area contributed by atoms with E-state index < -0.39 is 0 Å². The number of hydrogen-bond acceptors (Lipinski definition) is 2. The molecule has 1 aromatic rings. The van der Waals surface area contributed by atoms with Gasteiger partial charge in [-0.2, -0.15) is 0 Å². The lowest BCUT2D eigenvalue weighted by Crippen LogP contribution is -2.22. The van der Waals surface area contributed by atoms with Crippen molar-refractivity contribution in [1.82, 2.24) is 10.2 Å². The Kier molecular flexibility index (Phi) is 5.95. The van der Waals surface area contributed by atoms with Gasteiger partial charge in [-0.3, -0.25) is 0 Å². The van der Waals surface area contributed by atoms with Crippen LogP contribution >= 0.6 is 15.9 Å². The van der Waals surface area contributed by atoms with Crippen molar-refractivity contribution in [3.05, 3.63) is 34.1 Å². The summed E-state index contributed by atoms with van der Waals surface area (Å²) in [5, 5.41) is 3.11. The van der Waals surface area contributed by atoms with Crippen LogP contribution in [0.2, 0.25) is 0 Å². The third-order valence-corrected chi connectivity index (χ3v) is 3.05. The van der Waals surface area contributed by atoms with E-state index in [-0.39, 0.29) is 5.82 Å². The molecule has 0 heterocycles. The first-order valence-electron chi connectivity index (χ1n) is 5.40. The fraction of sp³-hybridized carbons (Fsp3) is 0.500. The predicted octanol–water partition coefficient (Wildman–Crippen LogP) is 2.63. The molecule has 0 bridgehead atoms. The van der Waals surface area contributed by atoms with Crippen LogP contribution in [-0.2, 0) is 6.54 Å². The van der Waals surface area contributed by atoms with E-state index in [0.29, 0.717) is 4.47 Å². The van der Waals surface area contributed by atoms with Gasteiger partial charge in [0.05, 0.1) is 4.47 Å². The number of nitrogens with zero attached hydrogens (tertiary/aromatic N) is 1. The Morgan fingerprint density at radius 3 is 2.81 bits per heavy atom. The monoisotopic (exact) mass is 288 g/mol. The summed E-state index contributed by atoms with van der Waals surface area (Å²) in [7, 11) is 4.00. The lowest BCUT2D eigenvalue weighted by atomic mass is 10.2. The van der Waals surface area contributed by atoms with Gasteiger partial charge in [-0.05, 0) is 67.2 Å². The van der Waals surface area contributed by atoms with Gasteiger partial charge in [-0.25, -0.2) is 4.39 Å². The smallest absolute Gasteiger partial charge is 0.137 e. The standard InChI is InChI=1S/C12H18BrFN2/c1-15-6-3-7-16(2)9-10-4-5-11(13)12(14)8-10/h4-5,8,15H,3,6-7,9H2,1-2H3. The largest absolute Gasteiger partial charge is 0.320 e. The summed E-state index contributed by atoms with van der Waals surface area (Å²) in [6.45, 7) is 2.81. The van der Waals surface area contributed by atoms with E-state index >= 15 is 0 Å². The maximum Gasteiger partial charge on any atom is 0.137 e. The van der Waals surface area contributed by atoms with Crippen LogP contribution in [0, 0.1) is 5.82 Å². The lowest BCUT2D eigenvalue weighted by Gasteiger charge is -2.16. The number of benzene rings is 1. The normalized spacial score (nSPS) is 11.1. The van der Waals surface area contributed by atoms with Gasteiger partial charge in [0.25, 0.3) is 0 Å². The Balaban J connectivity index is 2.43. The Bertz CT molecular complexity index is 331. The summed E-state index contributed by atoms with van der Waals surface area (Å²) in [5.41, 5.74) is 1.01. The number of nitrogens with one attached hydrogen (secondary N) is 1. The van der Waals surface area contributed by atoms with E-state index in [9.17, 15) is 4.39 Å². The van der Waals surface area contributed by atoms with Gasteiger partial charge in [-0.1, -0.05) is 6.07 Å². The summed E-state index contributed by atoms with van der Waals surface area (Å²) in [6, 6.07) is 5.28. The zero-order valence-corrected chi connectivity index (χ0v) is 11.3. The molecule has 0 atom stereocenters. The van der Waals surface area contributed by atoms with Gasteiger partial charge in [0.1, 0.15) is 5.82 Å². The van der Waals surface area contributed by atoms with Crippen LogP contribution in [0.5, 0.6) is 0 Å². The molecule has 0 aromatic heterocycles. The van der Waals surface area contributed by atoms with E-state index in [4.69, 9.17) is 0 Å². The summed E-state index contributed by atoms with van der Waals surface area (Å²) in [5.74, 6) is -0.193. The Hall–Kier alpha value is -0.450. The van der Waals surface area contributed by atoms with Crippen molar-refractivity contribution in [2.45, 2.75) is 13.0 Å². The number of rotatable bonds is 6. The third-order valence-electron chi connectivity index (χ3n) is 2.40. The fourth-order valence-corrected chi connectivity index (χ4v) is 1.80. The van der Waals surface area contributed by atoms with E-state index in [1.807, 2.05) is 13.1 Å². The highest BCUT2D eigenvalue weighted by atomic mass is 79.9. The van der Waals surface area contributed by atoms with E-state index in [1.165, 1.54) is 0 Å². The van der Waals surface area contributed by atoms with Gasteiger partial charge in [0, 0.05) is 6.54 Å². The second kappa shape index (κ2) is 6.99. The molecular formula is C12H18BrFN2. The maximum atomic E-state index is 13.3. The van der Waals surface area contributed by atoms with Crippen LogP contribution in [0.15, 0.2) is 22.7 Å². The van der Waals surface area contributed by atoms with Crippen molar-refractivity contribution in [2.24, 2.45) is 0 Å². The zero-order chi connectivity index (χ0) is 12.0. The molecular weight excluding hydrogens is 271 g/mol. The predicted molar refractivity (Wildman–Crippen MR) is 69.0 cm³/mol. The lowest BCUT2D eigenvalue weighted by molar-refractivity contribution is 0.320. The number of halogens is 2. The van der Waals surface area contributed by atoms with E-state index in [0.717, 1.165) is 31.6 Å². The summed E-state index contributed by atoms with van der Waals surface area (Å²) in [6.07, 6.45) is 1.10. The Morgan fingerprint density at radius 2 is 2.19 bits per heavy atom. The molecule has 0 spiro atoms. The molecule has 16 heavy (non-hydrogen) atoms. The number of hydrogen-bond donors (Lipinski definition) is 1. The molecule has 0 fully saturated rings. The van der Waals surface area contributed by atoms with Crippen molar-refractivity contribution < 1.29 is 4.39 Å². The minimum absolute atomic E-state index is 0.193. The molecule has 4 heteroatoms. The molecule has 0 radical (unpaired) electrons. The van der Waals surface area contributed by atoms with Gasteiger partial charge in [0.15, 0.2) is 0 Å². The quantitative estimate of drug-likeness (QED) is 0.810. The molecule has 0 aliphatic heterocycles. The van der Waals surface area contributed by atoms with Gasteiger partial charge in [-0.15, -0.1) is 0 Å². The second-order valence-corrected chi connectivity index (χ2v) is 4.80. The molecule has 90 valence electrons. The molecule has 0 unspecified atom stereocenters. The minimum Gasteiger partial charge on any atom is -0.320 e. The molecule has 1 N–H and O–H groups in total. The Labute approximate surface area is 105 Å².